The van der Waals surface area contributed by atoms with Crippen LogP contribution >= 0.6 is 58.3 Å². The lowest BCUT2D eigenvalue weighted by Gasteiger charge is -2.49. The van der Waals surface area contributed by atoms with Crippen molar-refractivity contribution in [2.75, 3.05) is 24.4 Å². The Balaban J connectivity index is 1.79. The number of ether oxygens (including phenoxy) is 1. The van der Waals surface area contributed by atoms with E-state index in [1.165, 1.54) is 52.7 Å². The molecule has 0 spiro atoms. The van der Waals surface area contributed by atoms with Gasteiger partial charge in [-0.1, -0.05) is 46.9 Å². The fourth-order valence-corrected chi connectivity index (χ4v) is 5.49. The van der Waals surface area contributed by atoms with Crippen molar-refractivity contribution in [1.29, 1.82) is 0 Å². The van der Waals surface area contributed by atoms with Crippen molar-refractivity contribution >= 4 is 82.1 Å². The molecule has 0 bridgehead atoms. The van der Waals surface area contributed by atoms with E-state index < -0.39 is 45.6 Å². The van der Waals surface area contributed by atoms with E-state index in [4.69, 9.17) is 39.5 Å². The number of hydrogen-bond acceptors (Lipinski definition) is 7. The lowest BCUT2D eigenvalue weighted by Crippen LogP contribution is -2.70. The molecular weight excluding hydrogens is 523 g/mol. The zero-order chi connectivity index (χ0) is 23.6. The Kier molecular flexibility index (Phi) is 7.93. The molecule has 1 aromatic rings. The molecule has 2 amide bonds. The highest BCUT2D eigenvalue weighted by molar-refractivity contribution is 8.00. The molecule has 0 saturated carbocycles. The molecule has 1 aromatic carbocycles. The minimum atomic E-state index is -1.80. The third-order valence-electron chi connectivity index (χ3n) is 4.61. The van der Waals surface area contributed by atoms with Crippen LogP contribution in [0.3, 0.4) is 0 Å². The molecule has 32 heavy (non-hydrogen) atoms. The second kappa shape index (κ2) is 10.1. The standard InChI is InChI=1S/C19H17Cl3N2O6S2/c1-31-6-9-7-32-16-12(23-14(25)10-4-2-3-5-11(10)17(27)28)15(26)24(16)13(9)18(29)30-8-19(20,21)22/h2-5,12,16H,6-8H2,1H3,(H,23,25)(H,27,28)/t12?,16-/m0/s1. The number of rotatable bonds is 7. The van der Waals surface area contributed by atoms with Gasteiger partial charge in [-0.05, 0) is 24.0 Å². The molecule has 1 fully saturated rings. The Bertz CT molecular complexity index is 998. The lowest BCUT2D eigenvalue weighted by molar-refractivity contribution is -0.151. The van der Waals surface area contributed by atoms with E-state index >= 15 is 0 Å². The summed E-state index contributed by atoms with van der Waals surface area (Å²) in [5, 5.41) is 11.3. The number of thioether (sulfide) groups is 2. The predicted molar refractivity (Wildman–Crippen MR) is 124 cm³/mol. The van der Waals surface area contributed by atoms with Crippen LogP contribution in [0.15, 0.2) is 35.5 Å². The Morgan fingerprint density at radius 2 is 1.94 bits per heavy atom. The zero-order valence-electron chi connectivity index (χ0n) is 16.5. The Hall–Kier alpha value is -1.59. The van der Waals surface area contributed by atoms with Crippen molar-refractivity contribution in [2.45, 2.75) is 15.2 Å². The minimum absolute atomic E-state index is 0.0621. The van der Waals surface area contributed by atoms with Crippen molar-refractivity contribution in [3.05, 3.63) is 46.7 Å². The first-order valence-corrected chi connectivity index (χ1v) is 12.7. The molecule has 0 aromatic heterocycles. The summed E-state index contributed by atoms with van der Waals surface area (Å²) in [5.41, 5.74) is 0.539. The number of hydrogen-bond donors (Lipinski definition) is 2. The van der Waals surface area contributed by atoms with Gasteiger partial charge in [-0.25, -0.2) is 9.59 Å². The van der Waals surface area contributed by atoms with E-state index in [1.807, 2.05) is 6.26 Å². The van der Waals surface area contributed by atoms with Crippen molar-refractivity contribution in [1.82, 2.24) is 10.2 Å². The highest BCUT2D eigenvalue weighted by atomic mass is 35.6. The molecule has 2 atom stereocenters. The number of nitrogens with one attached hydrogen (secondary N) is 1. The predicted octanol–water partition coefficient (Wildman–Crippen LogP) is 2.93. The summed E-state index contributed by atoms with van der Waals surface area (Å²) in [5.74, 6) is -2.33. The molecule has 13 heteroatoms. The SMILES string of the molecule is CSCC1=C(C(=O)OCC(Cl)(Cl)Cl)N2C(=O)C(NC(=O)c3ccccc3C(=O)O)[C@@H]2SC1. The van der Waals surface area contributed by atoms with Crippen molar-refractivity contribution in [3.8, 4) is 0 Å². The molecule has 2 aliphatic rings. The van der Waals surface area contributed by atoms with E-state index in [-0.39, 0.29) is 16.8 Å². The first-order chi connectivity index (χ1) is 15.0. The lowest BCUT2D eigenvalue weighted by atomic mass is 10.0. The van der Waals surface area contributed by atoms with Crippen LogP contribution < -0.4 is 5.32 Å². The van der Waals surface area contributed by atoms with E-state index in [9.17, 15) is 24.3 Å². The monoisotopic (exact) mass is 538 g/mol. The van der Waals surface area contributed by atoms with Gasteiger partial charge in [0.1, 0.15) is 23.7 Å². The number of carbonyl (C=O) groups excluding carboxylic acids is 3. The summed E-state index contributed by atoms with van der Waals surface area (Å²) < 4.78 is 3.29. The number of amides is 2. The number of β-lactam (4-membered cyclic amide) rings is 1. The number of alkyl halides is 3. The molecule has 2 heterocycles. The normalized spacial score (nSPS) is 20.4. The van der Waals surface area contributed by atoms with Crippen LogP contribution in [-0.4, -0.2) is 73.3 Å². The second-order valence-electron chi connectivity index (χ2n) is 6.79. The summed E-state index contributed by atoms with van der Waals surface area (Å²) in [6.45, 7) is -0.488. The molecule has 0 radical (unpaired) electrons. The quantitative estimate of drug-likeness (QED) is 0.309. The Morgan fingerprint density at radius 3 is 2.53 bits per heavy atom. The highest BCUT2D eigenvalue weighted by Crippen LogP contribution is 2.41. The molecular formula is C19H17Cl3N2O6S2. The summed E-state index contributed by atoms with van der Waals surface area (Å²) in [6.07, 6.45) is 1.86. The van der Waals surface area contributed by atoms with Crippen LogP contribution in [0.2, 0.25) is 0 Å². The topological polar surface area (TPSA) is 113 Å². The van der Waals surface area contributed by atoms with Gasteiger partial charge in [-0.2, -0.15) is 11.8 Å². The maximum Gasteiger partial charge on any atom is 0.355 e. The maximum absolute atomic E-state index is 12.9. The van der Waals surface area contributed by atoms with E-state index in [0.29, 0.717) is 17.1 Å². The van der Waals surface area contributed by atoms with Crippen molar-refractivity contribution < 1.29 is 29.0 Å². The fourth-order valence-electron chi connectivity index (χ4n) is 3.26. The van der Waals surface area contributed by atoms with Crippen LogP contribution in [-0.2, 0) is 14.3 Å². The fraction of sp³-hybridized carbons (Fsp3) is 0.368. The van der Waals surface area contributed by atoms with Crippen LogP contribution in [0, 0.1) is 0 Å². The van der Waals surface area contributed by atoms with Gasteiger partial charge in [0.2, 0.25) is 3.79 Å². The minimum Gasteiger partial charge on any atom is -0.478 e. The number of esters is 1. The average molecular weight is 540 g/mol. The number of carbonyl (C=O) groups is 4. The number of benzene rings is 1. The summed E-state index contributed by atoms with van der Waals surface area (Å²) in [6, 6.07) is 4.77. The van der Waals surface area contributed by atoms with Gasteiger partial charge in [-0.3, -0.25) is 14.5 Å². The van der Waals surface area contributed by atoms with Gasteiger partial charge in [0.15, 0.2) is 0 Å². The summed E-state index contributed by atoms with van der Waals surface area (Å²) >= 11 is 19.8. The van der Waals surface area contributed by atoms with E-state index in [1.54, 1.807) is 0 Å². The highest BCUT2D eigenvalue weighted by Gasteiger charge is 2.54. The van der Waals surface area contributed by atoms with Crippen LogP contribution in [0.5, 0.6) is 0 Å². The molecule has 3 rings (SSSR count). The Morgan fingerprint density at radius 1 is 1.28 bits per heavy atom. The van der Waals surface area contributed by atoms with Gasteiger partial charge < -0.3 is 15.2 Å². The van der Waals surface area contributed by atoms with Crippen LogP contribution in [0.25, 0.3) is 0 Å². The van der Waals surface area contributed by atoms with Gasteiger partial charge in [0.05, 0.1) is 11.1 Å². The molecule has 2 N–H and O–H groups in total. The number of fused-ring (bicyclic) bond motifs is 1. The third-order valence-corrected chi connectivity index (χ3v) is 6.92. The largest absolute Gasteiger partial charge is 0.478 e. The molecule has 0 aliphatic carbocycles. The second-order valence-corrected chi connectivity index (χ2v) is 11.3. The van der Waals surface area contributed by atoms with Gasteiger partial charge in [0, 0.05) is 11.5 Å². The number of nitrogens with zero attached hydrogens (tertiary/aromatic N) is 1. The number of halogens is 3. The first-order valence-electron chi connectivity index (χ1n) is 9.08. The molecule has 172 valence electrons. The smallest absolute Gasteiger partial charge is 0.355 e. The van der Waals surface area contributed by atoms with E-state index in [2.05, 4.69) is 5.32 Å². The van der Waals surface area contributed by atoms with Gasteiger partial charge >= 0.3 is 11.9 Å². The van der Waals surface area contributed by atoms with Crippen LogP contribution in [0.1, 0.15) is 20.7 Å². The zero-order valence-corrected chi connectivity index (χ0v) is 20.4. The summed E-state index contributed by atoms with van der Waals surface area (Å²) in [7, 11) is 0. The van der Waals surface area contributed by atoms with E-state index in [0.717, 1.165) is 0 Å². The maximum atomic E-state index is 12.9. The third kappa shape index (κ3) is 5.31. The molecule has 1 unspecified atom stereocenters. The molecule has 1 saturated heterocycles. The van der Waals surface area contributed by atoms with Gasteiger partial charge in [0.25, 0.3) is 11.8 Å². The number of aromatic carboxylic acids is 1. The summed E-state index contributed by atoms with van der Waals surface area (Å²) in [4.78, 5) is 51.0. The molecule has 2 aliphatic heterocycles. The average Bonchev–Trinajstić information content (AvgIpc) is 2.74. The van der Waals surface area contributed by atoms with Crippen LogP contribution in [0.4, 0.5) is 0 Å². The van der Waals surface area contributed by atoms with Gasteiger partial charge in [-0.15, -0.1) is 11.8 Å². The first kappa shape index (κ1) is 25.0. The number of carboxylic acids is 1. The number of carboxylic acid groups (broad SMARTS) is 1. The molecule has 8 nitrogen and oxygen atoms in total. The Labute approximate surface area is 206 Å². The van der Waals surface area contributed by atoms with Crippen molar-refractivity contribution in [2.24, 2.45) is 0 Å². The van der Waals surface area contributed by atoms with Crippen molar-refractivity contribution in [3.63, 3.8) is 0 Å².